The normalized spacial score (nSPS) is 16.7. The maximum Gasteiger partial charge on any atom is 0.305 e. The highest BCUT2D eigenvalue weighted by Crippen LogP contribution is 2.27. The van der Waals surface area contributed by atoms with Crippen LogP contribution in [0.25, 0.3) is 0 Å². The fourth-order valence-electron chi connectivity index (χ4n) is 4.29. The van der Waals surface area contributed by atoms with Crippen molar-refractivity contribution in [1.82, 2.24) is 19.7 Å². The minimum Gasteiger partial charge on any atom is -0.481 e. The van der Waals surface area contributed by atoms with Gasteiger partial charge in [0.05, 0.1) is 18.2 Å². The number of nitrogens with zero attached hydrogens (tertiary/aromatic N) is 4. The Kier molecular flexibility index (Phi) is 6.35. The van der Waals surface area contributed by atoms with E-state index in [1.54, 1.807) is 4.68 Å². The van der Waals surface area contributed by atoms with Gasteiger partial charge in [0.2, 0.25) is 0 Å². The molecule has 0 unspecified atom stereocenters. The minimum absolute atomic E-state index is 0.0172. The summed E-state index contributed by atoms with van der Waals surface area (Å²) in [6.07, 6.45) is 15.2. The SMILES string of the molecule is C=C1C=CC([C@H](CC(=O)O)n2ccc(CCCc3ccc4c(n3)CCCC4)n2)=CN1C. The molecule has 0 spiro atoms. The molecule has 0 saturated heterocycles. The molecule has 0 amide bonds. The third kappa shape index (κ3) is 5.13. The zero-order valence-corrected chi connectivity index (χ0v) is 18.1. The zero-order valence-electron chi connectivity index (χ0n) is 18.1. The zero-order chi connectivity index (χ0) is 21.8. The van der Waals surface area contributed by atoms with Gasteiger partial charge in [0, 0.05) is 36.5 Å². The van der Waals surface area contributed by atoms with Crippen LogP contribution in [0.3, 0.4) is 0 Å². The van der Waals surface area contributed by atoms with Gasteiger partial charge in [-0.3, -0.25) is 14.5 Å². The Hall–Kier alpha value is -3.15. The van der Waals surface area contributed by atoms with Crippen molar-refractivity contribution in [3.63, 3.8) is 0 Å². The number of likely N-dealkylation sites (N-methyl/N-ethyl adjacent to an activating group) is 1. The Labute approximate surface area is 183 Å². The molecule has 0 aromatic carbocycles. The van der Waals surface area contributed by atoms with Crippen molar-refractivity contribution in [2.75, 3.05) is 7.05 Å². The molecular formula is C25H30N4O2. The third-order valence-corrected chi connectivity index (χ3v) is 6.10. The monoisotopic (exact) mass is 418 g/mol. The third-order valence-electron chi connectivity index (χ3n) is 6.10. The van der Waals surface area contributed by atoms with Crippen LogP contribution in [-0.4, -0.2) is 37.8 Å². The molecule has 2 aromatic heterocycles. The number of hydrogen-bond acceptors (Lipinski definition) is 4. The first-order valence-corrected chi connectivity index (χ1v) is 11.0. The van der Waals surface area contributed by atoms with Gasteiger partial charge in [-0.05, 0) is 74.3 Å². The summed E-state index contributed by atoms with van der Waals surface area (Å²) in [5.74, 6) is -0.845. The lowest BCUT2D eigenvalue weighted by Gasteiger charge is -2.25. The van der Waals surface area contributed by atoms with Gasteiger partial charge in [-0.15, -0.1) is 0 Å². The fraction of sp³-hybridized carbons (Fsp3) is 0.400. The van der Waals surface area contributed by atoms with Gasteiger partial charge in [-0.1, -0.05) is 18.7 Å². The van der Waals surface area contributed by atoms with E-state index in [4.69, 9.17) is 10.1 Å². The van der Waals surface area contributed by atoms with Crippen LogP contribution in [0.5, 0.6) is 0 Å². The summed E-state index contributed by atoms with van der Waals surface area (Å²) < 4.78 is 1.78. The maximum absolute atomic E-state index is 11.5. The minimum atomic E-state index is -0.845. The average molecular weight is 419 g/mol. The van der Waals surface area contributed by atoms with E-state index in [2.05, 4.69) is 18.7 Å². The predicted molar refractivity (Wildman–Crippen MR) is 121 cm³/mol. The molecule has 0 saturated carbocycles. The molecule has 0 bridgehead atoms. The van der Waals surface area contributed by atoms with Crippen molar-refractivity contribution in [1.29, 1.82) is 0 Å². The molecule has 2 aromatic rings. The van der Waals surface area contributed by atoms with Crippen LogP contribution >= 0.6 is 0 Å². The van der Waals surface area contributed by atoms with Crippen molar-refractivity contribution >= 4 is 5.97 Å². The summed E-state index contributed by atoms with van der Waals surface area (Å²) in [6, 6.07) is 6.06. The number of rotatable bonds is 8. The van der Waals surface area contributed by atoms with Crippen LogP contribution in [-0.2, 0) is 30.5 Å². The number of pyridine rings is 1. The van der Waals surface area contributed by atoms with Gasteiger partial charge >= 0.3 is 5.97 Å². The molecule has 1 N–H and O–H groups in total. The number of aromatic nitrogens is 3. The van der Waals surface area contributed by atoms with Crippen LogP contribution in [0.2, 0.25) is 0 Å². The number of fused-ring (bicyclic) bond motifs is 1. The first-order valence-electron chi connectivity index (χ1n) is 11.0. The van der Waals surface area contributed by atoms with E-state index in [0.717, 1.165) is 54.8 Å². The number of aliphatic carboxylic acids is 1. The maximum atomic E-state index is 11.5. The average Bonchev–Trinajstić information content (AvgIpc) is 3.22. The smallest absolute Gasteiger partial charge is 0.305 e. The number of carboxylic acids is 1. The van der Waals surface area contributed by atoms with E-state index in [1.165, 1.54) is 24.1 Å². The van der Waals surface area contributed by atoms with E-state index in [1.807, 2.05) is 42.6 Å². The molecule has 1 aliphatic heterocycles. The molecule has 3 heterocycles. The standard InChI is InChI=1S/C25H30N4O2/c1-18-10-11-20(17-28(18)2)24(16-25(30)31)29-15-14-22(27-29)8-5-7-21-13-12-19-6-3-4-9-23(19)26-21/h10-15,17,24H,1,3-9,16H2,2H3,(H,30,31)/t24-/m0/s1. The Morgan fingerprint density at radius 1 is 1.16 bits per heavy atom. The first-order chi connectivity index (χ1) is 15.0. The van der Waals surface area contributed by atoms with Gasteiger partial charge < -0.3 is 10.0 Å². The van der Waals surface area contributed by atoms with E-state index < -0.39 is 5.97 Å². The largest absolute Gasteiger partial charge is 0.481 e. The summed E-state index contributed by atoms with van der Waals surface area (Å²) in [6.45, 7) is 3.96. The van der Waals surface area contributed by atoms with Crippen LogP contribution in [0, 0.1) is 0 Å². The van der Waals surface area contributed by atoms with E-state index in [0.29, 0.717) is 0 Å². The fourth-order valence-corrected chi connectivity index (χ4v) is 4.29. The van der Waals surface area contributed by atoms with Crippen molar-refractivity contribution in [3.8, 4) is 0 Å². The second-order valence-electron chi connectivity index (χ2n) is 8.43. The van der Waals surface area contributed by atoms with Crippen LogP contribution in [0.15, 0.2) is 60.6 Å². The lowest BCUT2D eigenvalue weighted by atomic mass is 9.95. The summed E-state index contributed by atoms with van der Waals surface area (Å²) in [7, 11) is 1.91. The molecule has 4 rings (SSSR count). The van der Waals surface area contributed by atoms with Crippen molar-refractivity contribution < 1.29 is 9.90 Å². The number of carboxylic acid groups (broad SMARTS) is 1. The second-order valence-corrected chi connectivity index (χ2v) is 8.43. The van der Waals surface area contributed by atoms with Gasteiger partial charge in [0.1, 0.15) is 0 Å². The Bertz CT molecular complexity index is 1030. The highest BCUT2D eigenvalue weighted by atomic mass is 16.4. The molecule has 1 atom stereocenters. The number of hydrogen-bond donors (Lipinski definition) is 1. The first kappa shape index (κ1) is 21.1. The highest BCUT2D eigenvalue weighted by Gasteiger charge is 2.22. The Morgan fingerprint density at radius 2 is 1.97 bits per heavy atom. The molecular weight excluding hydrogens is 388 g/mol. The van der Waals surface area contributed by atoms with Gasteiger partial charge in [0.15, 0.2) is 0 Å². The Morgan fingerprint density at radius 3 is 2.77 bits per heavy atom. The molecule has 0 radical (unpaired) electrons. The van der Waals surface area contributed by atoms with Crippen molar-refractivity contribution in [2.24, 2.45) is 0 Å². The lowest BCUT2D eigenvalue weighted by Crippen LogP contribution is -2.20. The van der Waals surface area contributed by atoms with Crippen LogP contribution in [0.1, 0.15) is 54.4 Å². The molecule has 6 heteroatoms. The molecule has 2 aliphatic rings. The topological polar surface area (TPSA) is 71.2 Å². The van der Waals surface area contributed by atoms with Crippen molar-refractivity contribution in [3.05, 3.63) is 83.2 Å². The van der Waals surface area contributed by atoms with Crippen LogP contribution in [0.4, 0.5) is 0 Å². The molecule has 1 aliphatic carbocycles. The molecule has 6 nitrogen and oxygen atoms in total. The Balaban J connectivity index is 1.40. The highest BCUT2D eigenvalue weighted by molar-refractivity contribution is 5.68. The van der Waals surface area contributed by atoms with Gasteiger partial charge in [-0.2, -0.15) is 5.10 Å². The van der Waals surface area contributed by atoms with Gasteiger partial charge in [-0.25, -0.2) is 0 Å². The second kappa shape index (κ2) is 9.33. The summed E-state index contributed by atoms with van der Waals surface area (Å²) in [5.41, 5.74) is 6.61. The number of aryl methyl sites for hydroxylation is 4. The van der Waals surface area contributed by atoms with Crippen molar-refractivity contribution in [2.45, 2.75) is 57.4 Å². The predicted octanol–water partition coefficient (Wildman–Crippen LogP) is 4.25. The molecule has 0 fully saturated rings. The van der Waals surface area contributed by atoms with E-state index in [-0.39, 0.29) is 12.5 Å². The lowest BCUT2D eigenvalue weighted by molar-refractivity contribution is -0.137. The summed E-state index contributed by atoms with van der Waals surface area (Å²) in [4.78, 5) is 18.2. The molecule has 162 valence electrons. The number of carbonyl (C=O) groups is 1. The quantitative estimate of drug-likeness (QED) is 0.694. The van der Waals surface area contributed by atoms with E-state index in [9.17, 15) is 9.90 Å². The summed E-state index contributed by atoms with van der Waals surface area (Å²) in [5, 5.41) is 14.1. The summed E-state index contributed by atoms with van der Waals surface area (Å²) >= 11 is 0. The van der Waals surface area contributed by atoms with E-state index >= 15 is 0 Å². The van der Waals surface area contributed by atoms with Gasteiger partial charge in [0.25, 0.3) is 0 Å². The number of allylic oxidation sites excluding steroid dienone is 3. The molecule has 31 heavy (non-hydrogen) atoms. The van der Waals surface area contributed by atoms with Crippen LogP contribution < -0.4 is 0 Å².